The SMILES string of the molecule is Cc1ccn(C(C)CN(C)C)c(=O)c1C(=O)NCc1cc(-c2ccco2)on1. The van der Waals surface area contributed by atoms with E-state index < -0.39 is 5.91 Å². The van der Waals surface area contributed by atoms with Crippen molar-refractivity contribution < 1.29 is 13.7 Å². The number of pyridine rings is 1. The lowest BCUT2D eigenvalue weighted by molar-refractivity contribution is 0.0947. The molecule has 1 unspecified atom stereocenters. The molecule has 1 atom stereocenters. The number of aromatic nitrogens is 2. The molecule has 28 heavy (non-hydrogen) atoms. The van der Waals surface area contributed by atoms with Crippen LogP contribution in [0.2, 0.25) is 0 Å². The molecule has 0 bridgehead atoms. The van der Waals surface area contributed by atoms with Crippen LogP contribution < -0.4 is 10.9 Å². The average molecular weight is 384 g/mol. The fraction of sp³-hybridized carbons (Fsp3) is 0.350. The normalized spacial score (nSPS) is 12.3. The minimum absolute atomic E-state index is 0.0546. The molecule has 148 valence electrons. The largest absolute Gasteiger partial charge is 0.461 e. The van der Waals surface area contributed by atoms with Gasteiger partial charge < -0.3 is 23.7 Å². The van der Waals surface area contributed by atoms with Gasteiger partial charge >= 0.3 is 0 Å². The Morgan fingerprint density at radius 2 is 2.11 bits per heavy atom. The van der Waals surface area contributed by atoms with Crippen LogP contribution in [0.3, 0.4) is 0 Å². The summed E-state index contributed by atoms with van der Waals surface area (Å²) in [5, 5.41) is 6.67. The van der Waals surface area contributed by atoms with Crippen molar-refractivity contribution in [1.29, 1.82) is 0 Å². The predicted molar refractivity (Wildman–Crippen MR) is 104 cm³/mol. The van der Waals surface area contributed by atoms with Crippen LogP contribution in [0.15, 0.2) is 50.5 Å². The van der Waals surface area contributed by atoms with Crippen LogP contribution in [0.5, 0.6) is 0 Å². The molecule has 3 aromatic heterocycles. The molecule has 0 radical (unpaired) electrons. The summed E-state index contributed by atoms with van der Waals surface area (Å²) in [7, 11) is 3.89. The van der Waals surface area contributed by atoms with Crippen molar-refractivity contribution in [2.45, 2.75) is 26.4 Å². The molecule has 0 saturated heterocycles. The summed E-state index contributed by atoms with van der Waals surface area (Å²) in [5.74, 6) is 0.600. The molecule has 1 amide bonds. The molecule has 0 fully saturated rings. The van der Waals surface area contributed by atoms with Gasteiger partial charge in [0.05, 0.1) is 12.8 Å². The van der Waals surface area contributed by atoms with Crippen LogP contribution in [-0.4, -0.2) is 41.2 Å². The van der Waals surface area contributed by atoms with Crippen molar-refractivity contribution in [2.24, 2.45) is 0 Å². The monoisotopic (exact) mass is 384 g/mol. The summed E-state index contributed by atoms with van der Waals surface area (Å²) in [4.78, 5) is 27.5. The molecule has 3 heterocycles. The van der Waals surface area contributed by atoms with Crippen molar-refractivity contribution in [3.8, 4) is 11.5 Å². The Kier molecular flexibility index (Phi) is 5.79. The number of carbonyl (C=O) groups is 1. The van der Waals surface area contributed by atoms with Crippen molar-refractivity contribution in [3.05, 3.63) is 63.9 Å². The number of carbonyl (C=O) groups excluding carboxylic acids is 1. The Labute approximate surface area is 162 Å². The van der Waals surface area contributed by atoms with Crippen LogP contribution in [0, 0.1) is 6.92 Å². The van der Waals surface area contributed by atoms with Gasteiger partial charge in [-0.3, -0.25) is 9.59 Å². The maximum atomic E-state index is 12.9. The van der Waals surface area contributed by atoms with Gasteiger partial charge in [0.25, 0.3) is 11.5 Å². The summed E-state index contributed by atoms with van der Waals surface area (Å²) in [6.45, 7) is 4.54. The smallest absolute Gasteiger partial charge is 0.263 e. The molecule has 3 rings (SSSR count). The fourth-order valence-electron chi connectivity index (χ4n) is 3.07. The molecule has 0 aliphatic heterocycles. The van der Waals surface area contributed by atoms with E-state index in [4.69, 9.17) is 8.94 Å². The number of hydrogen-bond donors (Lipinski definition) is 1. The van der Waals surface area contributed by atoms with Crippen LogP contribution >= 0.6 is 0 Å². The molecule has 0 saturated carbocycles. The van der Waals surface area contributed by atoms with E-state index in [9.17, 15) is 9.59 Å². The van der Waals surface area contributed by atoms with Gasteiger partial charge in [0, 0.05) is 24.8 Å². The van der Waals surface area contributed by atoms with Gasteiger partial charge in [-0.25, -0.2) is 0 Å². The minimum atomic E-state index is -0.434. The lowest BCUT2D eigenvalue weighted by Crippen LogP contribution is -2.36. The fourth-order valence-corrected chi connectivity index (χ4v) is 3.07. The van der Waals surface area contributed by atoms with Gasteiger partial charge in [0.1, 0.15) is 11.3 Å². The van der Waals surface area contributed by atoms with Crippen LogP contribution in [0.4, 0.5) is 0 Å². The van der Waals surface area contributed by atoms with E-state index in [1.54, 1.807) is 48.2 Å². The van der Waals surface area contributed by atoms with E-state index in [1.165, 1.54) is 0 Å². The highest BCUT2D eigenvalue weighted by Crippen LogP contribution is 2.20. The second kappa shape index (κ2) is 8.26. The summed E-state index contributed by atoms with van der Waals surface area (Å²) < 4.78 is 12.1. The summed E-state index contributed by atoms with van der Waals surface area (Å²) in [5.41, 5.74) is 1.01. The van der Waals surface area contributed by atoms with E-state index >= 15 is 0 Å². The molecule has 0 aliphatic carbocycles. The summed E-state index contributed by atoms with van der Waals surface area (Å²) in [6, 6.07) is 6.93. The summed E-state index contributed by atoms with van der Waals surface area (Å²) >= 11 is 0. The Hall–Kier alpha value is -3.13. The molecule has 1 N–H and O–H groups in total. The van der Waals surface area contributed by atoms with Gasteiger partial charge in [-0.15, -0.1) is 0 Å². The Morgan fingerprint density at radius 1 is 1.32 bits per heavy atom. The number of nitrogens with one attached hydrogen (secondary N) is 1. The second-order valence-electron chi connectivity index (χ2n) is 7.04. The van der Waals surface area contributed by atoms with Gasteiger partial charge in [0.15, 0.2) is 5.76 Å². The Balaban J connectivity index is 1.74. The Morgan fingerprint density at radius 3 is 2.79 bits per heavy atom. The standard InChI is InChI=1S/C20H24N4O4/c1-13-7-8-24(14(2)12-23(3)4)20(26)18(13)19(25)21-11-15-10-17(28-22-15)16-6-5-9-27-16/h5-10,14H,11-12H2,1-4H3,(H,21,25). The maximum Gasteiger partial charge on any atom is 0.263 e. The van der Waals surface area contributed by atoms with Gasteiger partial charge in [-0.05, 0) is 51.7 Å². The third-order valence-corrected chi connectivity index (χ3v) is 4.41. The highest BCUT2D eigenvalue weighted by Gasteiger charge is 2.19. The molecule has 8 heteroatoms. The zero-order valence-corrected chi connectivity index (χ0v) is 16.4. The molecular weight excluding hydrogens is 360 g/mol. The Bertz CT molecular complexity index is 1000. The van der Waals surface area contributed by atoms with Crippen molar-refractivity contribution in [3.63, 3.8) is 0 Å². The number of rotatable bonds is 7. The lowest BCUT2D eigenvalue weighted by atomic mass is 10.1. The summed E-state index contributed by atoms with van der Waals surface area (Å²) in [6.07, 6.45) is 3.27. The van der Waals surface area contributed by atoms with Crippen LogP contribution in [0.25, 0.3) is 11.5 Å². The zero-order valence-electron chi connectivity index (χ0n) is 16.4. The van der Waals surface area contributed by atoms with Gasteiger partial charge in [0.2, 0.25) is 5.76 Å². The highest BCUT2D eigenvalue weighted by molar-refractivity contribution is 5.95. The van der Waals surface area contributed by atoms with E-state index in [2.05, 4.69) is 10.5 Å². The third kappa shape index (κ3) is 4.23. The topological polar surface area (TPSA) is 93.5 Å². The minimum Gasteiger partial charge on any atom is -0.461 e. The number of amides is 1. The van der Waals surface area contributed by atoms with Crippen molar-refractivity contribution in [1.82, 2.24) is 19.9 Å². The first-order chi connectivity index (χ1) is 13.4. The first kappa shape index (κ1) is 19.6. The van der Waals surface area contributed by atoms with Crippen molar-refractivity contribution in [2.75, 3.05) is 20.6 Å². The van der Waals surface area contributed by atoms with E-state index in [0.29, 0.717) is 29.3 Å². The first-order valence-corrected chi connectivity index (χ1v) is 9.01. The lowest BCUT2D eigenvalue weighted by Gasteiger charge is -2.20. The molecule has 0 aliphatic rings. The predicted octanol–water partition coefficient (Wildman–Crippen LogP) is 2.46. The highest BCUT2D eigenvalue weighted by atomic mass is 16.5. The van der Waals surface area contributed by atoms with E-state index in [0.717, 1.165) is 0 Å². The molecule has 0 spiro atoms. The maximum absolute atomic E-state index is 12.9. The van der Waals surface area contributed by atoms with E-state index in [1.807, 2.05) is 25.9 Å². The first-order valence-electron chi connectivity index (χ1n) is 9.01. The molecular formula is C20H24N4O4. The number of aryl methyl sites for hydroxylation is 1. The number of likely N-dealkylation sites (N-methyl/N-ethyl adjacent to an activating group) is 1. The van der Waals surface area contributed by atoms with Gasteiger partial charge in [-0.1, -0.05) is 5.16 Å². The molecule has 3 aromatic rings. The van der Waals surface area contributed by atoms with Gasteiger partial charge in [-0.2, -0.15) is 0 Å². The number of furan rings is 1. The number of hydrogen-bond acceptors (Lipinski definition) is 6. The average Bonchev–Trinajstić information content (AvgIpc) is 3.30. The molecule has 8 nitrogen and oxygen atoms in total. The third-order valence-electron chi connectivity index (χ3n) is 4.41. The second-order valence-corrected chi connectivity index (χ2v) is 7.04. The zero-order chi connectivity index (χ0) is 20.3. The van der Waals surface area contributed by atoms with Crippen LogP contribution in [0.1, 0.15) is 34.6 Å². The van der Waals surface area contributed by atoms with Crippen molar-refractivity contribution >= 4 is 5.91 Å². The van der Waals surface area contributed by atoms with E-state index in [-0.39, 0.29) is 23.7 Å². The number of nitrogens with zero attached hydrogens (tertiary/aromatic N) is 3. The molecule has 0 aromatic carbocycles. The van der Waals surface area contributed by atoms with Crippen LogP contribution in [-0.2, 0) is 6.54 Å². The quantitative estimate of drug-likeness (QED) is 0.673.